The van der Waals surface area contributed by atoms with Crippen LogP contribution in [0.2, 0.25) is 0 Å². The summed E-state index contributed by atoms with van der Waals surface area (Å²) in [7, 11) is -15.7. The van der Waals surface area contributed by atoms with Crippen LogP contribution < -0.4 is 4.13 Å². The molecule has 0 radical (unpaired) electrons. The van der Waals surface area contributed by atoms with E-state index in [-0.39, 0.29) is 0 Å². The molecule has 1 N–H and O–H groups in total. The zero-order chi connectivity index (χ0) is 20.2. The molecule has 0 aliphatic carbocycles. The second-order valence-electron chi connectivity index (χ2n) is 3.70. The molecule has 146 valence electrons. The number of hydrogen-bond acceptors (Lipinski definition) is 4. The standard InChI is InChI=1S/C5HF12NO4S2/c6-1(7,3(9,10)11)2(8,4(12,13)14)23(19,20)18-24(21,22)5(15,16)17/h18H. The van der Waals surface area contributed by atoms with Gasteiger partial charge >= 0.3 is 38.8 Å². The lowest BCUT2D eigenvalue weighted by Crippen LogP contribution is -2.69. The molecule has 1 unspecified atom stereocenters. The molecule has 19 heteroatoms. The summed E-state index contributed by atoms with van der Waals surface area (Å²) in [6, 6.07) is 0. The zero-order valence-corrected chi connectivity index (χ0v) is 11.6. The molecule has 5 nitrogen and oxygen atoms in total. The Morgan fingerprint density at radius 2 is 0.875 bits per heavy atom. The summed E-state index contributed by atoms with van der Waals surface area (Å²) in [5, 5.41) is -7.79. The van der Waals surface area contributed by atoms with Gasteiger partial charge < -0.3 is 0 Å². The largest absolute Gasteiger partial charge is 0.512 e. The van der Waals surface area contributed by atoms with Crippen molar-refractivity contribution in [3.8, 4) is 0 Å². The third-order valence-electron chi connectivity index (χ3n) is 2.02. The first kappa shape index (κ1) is 23.0. The Kier molecular flexibility index (Phi) is 5.29. The Labute approximate surface area is 123 Å². The van der Waals surface area contributed by atoms with Gasteiger partial charge in [0.25, 0.3) is 10.0 Å². The Hall–Kier alpha value is -0.980. The molecule has 0 fully saturated rings. The van der Waals surface area contributed by atoms with E-state index in [1.165, 1.54) is 0 Å². The summed E-state index contributed by atoms with van der Waals surface area (Å²) in [5.41, 5.74) is -6.78. The lowest BCUT2D eigenvalue weighted by molar-refractivity contribution is -0.358. The number of hydrogen-bond donors (Lipinski definition) is 1. The molecule has 0 rings (SSSR count). The van der Waals surface area contributed by atoms with E-state index in [1.807, 2.05) is 0 Å². The van der Waals surface area contributed by atoms with Crippen molar-refractivity contribution in [3.05, 3.63) is 0 Å². The molecule has 0 aromatic carbocycles. The molecule has 0 heterocycles. The SMILES string of the molecule is O=S(=O)(NS(=O)(=O)C(F)(C(F)(F)F)C(F)(F)C(F)(F)F)C(F)(F)F. The molecular weight excluding hydrogens is 430 g/mol. The number of alkyl halides is 12. The first-order valence-corrected chi connectivity index (χ1v) is 7.47. The Bertz CT molecular complexity index is 684. The maximum Gasteiger partial charge on any atom is 0.512 e. The van der Waals surface area contributed by atoms with Gasteiger partial charge in [-0.15, -0.1) is 0 Å². The van der Waals surface area contributed by atoms with Crippen molar-refractivity contribution in [2.75, 3.05) is 0 Å². The summed E-state index contributed by atoms with van der Waals surface area (Å²) >= 11 is 0. The van der Waals surface area contributed by atoms with Gasteiger partial charge in [-0.05, 0) is 0 Å². The molecule has 1 atom stereocenters. The van der Waals surface area contributed by atoms with E-state index in [0.29, 0.717) is 0 Å². The van der Waals surface area contributed by atoms with Gasteiger partial charge in [-0.3, -0.25) is 0 Å². The van der Waals surface area contributed by atoms with Gasteiger partial charge in [-0.1, -0.05) is 4.13 Å². The van der Waals surface area contributed by atoms with Crippen molar-refractivity contribution in [3.63, 3.8) is 0 Å². The second-order valence-corrected chi connectivity index (χ2v) is 7.41. The van der Waals surface area contributed by atoms with Crippen LogP contribution in [0.1, 0.15) is 0 Å². The molecule has 0 amide bonds. The van der Waals surface area contributed by atoms with Crippen molar-refractivity contribution in [1.82, 2.24) is 4.13 Å². The molecule has 0 aromatic rings. The van der Waals surface area contributed by atoms with Gasteiger partial charge in [0, 0.05) is 0 Å². The van der Waals surface area contributed by atoms with Crippen LogP contribution in [0.15, 0.2) is 0 Å². The number of sulfonamides is 2. The van der Waals surface area contributed by atoms with Crippen molar-refractivity contribution in [2.24, 2.45) is 0 Å². The fourth-order valence-corrected chi connectivity index (χ4v) is 3.68. The van der Waals surface area contributed by atoms with Crippen molar-refractivity contribution >= 4 is 20.0 Å². The maximum atomic E-state index is 13.4. The third-order valence-corrected chi connectivity index (χ3v) is 5.61. The first-order chi connectivity index (χ1) is 9.96. The van der Waals surface area contributed by atoms with Crippen molar-refractivity contribution in [2.45, 2.75) is 28.8 Å². The van der Waals surface area contributed by atoms with Crippen LogP contribution in [0.5, 0.6) is 0 Å². The van der Waals surface area contributed by atoms with Crippen molar-refractivity contribution in [1.29, 1.82) is 0 Å². The van der Waals surface area contributed by atoms with Crippen LogP contribution in [-0.4, -0.2) is 45.6 Å². The highest BCUT2D eigenvalue weighted by Crippen LogP contribution is 2.55. The predicted molar refractivity (Wildman–Crippen MR) is 47.9 cm³/mol. The lowest BCUT2D eigenvalue weighted by Gasteiger charge is -2.34. The highest BCUT2D eigenvalue weighted by atomic mass is 32.3. The average molecular weight is 431 g/mol. The van der Waals surface area contributed by atoms with Crippen molar-refractivity contribution < 1.29 is 69.5 Å². The van der Waals surface area contributed by atoms with E-state index >= 15 is 0 Å². The van der Waals surface area contributed by atoms with Gasteiger partial charge in [-0.2, -0.15) is 48.3 Å². The smallest absolute Gasteiger partial charge is 0.207 e. The molecular formula is C5HF12NO4S2. The fraction of sp³-hybridized carbons (Fsp3) is 1.00. The van der Waals surface area contributed by atoms with Crippen LogP contribution in [0, 0.1) is 0 Å². The predicted octanol–water partition coefficient (Wildman–Crippen LogP) is 2.18. The van der Waals surface area contributed by atoms with Crippen LogP contribution in [0.25, 0.3) is 0 Å². The van der Waals surface area contributed by atoms with E-state index in [9.17, 15) is 69.5 Å². The summed E-state index contributed by atoms with van der Waals surface area (Å²) in [6.45, 7) is 0. The number of nitrogens with one attached hydrogen (secondary N) is 1. The lowest BCUT2D eigenvalue weighted by atomic mass is 10.2. The quantitative estimate of drug-likeness (QED) is 0.693. The van der Waals surface area contributed by atoms with Gasteiger partial charge in [0.15, 0.2) is 0 Å². The average Bonchev–Trinajstić information content (AvgIpc) is 2.20. The second kappa shape index (κ2) is 5.51. The first-order valence-electron chi connectivity index (χ1n) is 4.50. The molecule has 0 aliphatic heterocycles. The molecule has 24 heavy (non-hydrogen) atoms. The van der Waals surface area contributed by atoms with Crippen LogP contribution in [0.3, 0.4) is 0 Å². The molecule has 0 bridgehead atoms. The van der Waals surface area contributed by atoms with Crippen LogP contribution in [-0.2, 0) is 20.0 Å². The minimum Gasteiger partial charge on any atom is -0.207 e. The van der Waals surface area contributed by atoms with Gasteiger partial charge in [0.05, 0.1) is 0 Å². The number of halogens is 12. The van der Waals surface area contributed by atoms with E-state index in [4.69, 9.17) is 0 Å². The van der Waals surface area contributed by atoms with E-state index in [0.717, 1.165) is 0 Å². The molecule has 0 aromatic heterocycles. The van der Waals surface area contributed by atoms with Gasteiger partial charge in [-0.25, -0.2) is 21.2 Å². The third kappa shape index (κ3) is 3.37. The zero-order valence-electron chi connectivity index (χ0n) is 9.99. The van der Waals surface area contributed by atoms with E-state index < -0.39 is 53.0 Å². The van der Waals surface area contributed by atoms with Crippen LogP contribution in [0.4, 0.5) is 52.7 Å². The summed E-state index contributed by atoms with van der Waals surface area (Å²) < 4.78 is 188. The fourth-order valence-electron chi connectivity index (χ4n) is 0.931. The van der Waals surface area contributed by atoms with Crippen LogP contribution >= 0.6 is 0 Å². The minimum absolute atomic E-state index is 1.16. The normalized spacial score (nSPS) is 18.3. The molecule has 0 spiro atoms. The molecule has 0 saturated carbocycles. The highest BCUT2D eigenvalue weighted by Gasteiger charge is 2.87. The Morgan fingerprint density at radius 3 is 1.08 bits per heavy atom. The maximum absolute atomic E-state index is 13.4. The molecule has 0 aliphatic rings. The Morgan fingerprint density at radius 1 is 0.542 bits per heavy atom. The van der Waals surface area contributed by atoms with Gasteiger partial charge in [0.1, 0.15) is 0 Å². The van der Waals surface area contributed by atoms with E-state index in [2.05, 4.69) is 0 Å². The Balaban J connectivity index is 6.66. The summed E-state index contributed by atoms with van der Waals surface area (Å²) in [4.78, 5) is 0. The van der Waals surface area contributed by atoms with Gasteiger partial charge in [0.2, 0.25) is 0 Å². The molecule has 0 saturated heterocycles. The minimum atomic E-state index is -8.18. The summed E-state index contributed by atoms with van der Waals surface area (Å²) in [5.74, 6) is -7.87. The monoisotopic (exact) mass is 431 g/mol. The highest BCUT2D eigenvalue weighted by molar-refractivity contribution is 8.05. The summed E-state index contributed by atoms with van der Waals surface area (Å²) in [6.07, 6.45) is -15.3. The number of rotatable bonds is 4. The topological polar surface area (TPSA) is 80.3 Å². The van der Waals surface area contributed by atoms with E-state index in [1.54, 1.807) is 0 Å².